The number of ether oxygens (including phenoxy) is 1. The number of carbonyl (C=O) groups is 1. The fourth-order valence-corrected chi connectivity index (χ4v) is 0.965. The number of hydrogen-bond acceptors (Lipinski definition) is 2. The summed E-state index contributed by atoms with van der Waals surface area (Å²) in [6.45, 7) is 2.39. The highest BCUT2D eigenvalue weighted by Gasteiger charge is 2.29. The first-order valence-corrected chi connectivity index (χ1v) is 3.21. The monoisotopic (exact) mass is 149 g/mol. The van der Waals surface area contributed by atoms with E-state index < -0.39 is 6.09 Å². The highest BCUT2D eigenvalue weighted by Crippen LogP contribution is 2.16. The second-order valence-electron chi connectivity index (χ2n) is 1.95. The summed E-state index contributed by atoms with van der Waals surface area (Å²) in [5.74, 6) is 0. The Morgan fingerprint density at radius 1 is 2.00 bits per heavy atom. The van der Waals surface area contributed by atoms with Gasteiger partial charge >= 0.3 is 6.09 Å². The van der Waals surface area contributed by atoms with E-state index in [1.807, 2.05) is 6.92 Å². The molecule has 1 fully saturated rings. The lowest BCUT2D eigenvalue weighted by Crippen LogP contribution is -2.22. The van der Waals surface area contributed by atoms with Crippen LogP contribution < -0.4 is 0 Å². The Balaban J connectivity index is 2.51. The van der Waals surface area contributed by atoms with Crippen LogP contribution in [0.5, 0.6) is 0 Å². The molecule has 3 nitrogen and oxygen atoms in total. The summed E-state index contributed by atoms with van der Waals surface area (Å²) < 4.78 is 5.73. The largest absolute Gasteiger partial charge is 0.446 e. The third kappa shape index (κ3) is 1.10. The molecule has 0 aliphatic carbocycles. The smallest absolute Gasteiger partial charge is 0.424 e. The molecule has 1 rings (SSSR count). The number of halogens is 1. The highest BCUT2D eigenvalue weighted by molar-refractivity contribution is 6.20. The number of amides is 1. The van der Waals surface area contributed by atoms with Crippen molar-refractivity contribution < 1.29 is 9.53 Å². The molecule has 1 atom stereocenters. The van der Waals surface area contributed by atoms with Gasteiger partial charge in [0, 0.05) is 11.8 Å². The van der Waals surface area contributed by atoms with Gasteiger partial charge in [-0.15, -0.1) is 0 Å². The second-order valence-corrected chi connectivity index (χ2v) is 2.31. The van der Waals surface area contributed by atoms with Gasteiger partial charge < -0.3 is 4.74 Å². The minimum atomic E-state index is -0.427. The summed E-state index contributed by atoms with van der Waals surface area (Å²) in [6, 6.07) is 0.0687. The van der Waals surface area contributed by atoms with Crippen LogP contribution in [0.4, 0.5) is 4.79 Å². The van der Waals surface area contributed by atoms with E-state index in [4.69, 9.17) is 11.8 Å². The molecule has 9 heavy (non-hydrogen) atoms. The Bertz CT molecular complexity index is 128. The normalized spacial score (nSPS) is 26.7. The molecule has 1 heterocycles. The van der Waals surface area contributed by atoms with Crippen LogP contribution in [0.3, 0.4) is 0 Å². The zero-order chi connectivity index (χ0) is 6.85. The van der Waals surface area contributed by atoms with Crippen molar-refractivity contribution in [2.45, 2.75) is 19.4 Å². The molecule has 0 radical (unpaired) electrons. The lowest BCUT2D eigenvalue weighted by atomic mass is 10.3. The molecule has 1 aliphatic heterocycles. The third-order valence-corrected chi connectivity index (χ3v) is 1.78. The molecule has 0 spiro atoms. The predicted octanol–water partition coefficient (Wildman–Crippen LogP) is 1.37. The van der Waals surface area contributed by atoms with Gasteiger partial charge in [-0.25, -0.2) is 9.21 Å². The zero-order valence-electron chi connectivity index (χ0n) is 5.13. The van der Waals surface area contributed by atoms with Crippen molar-refractivity contribution in [3.63, 3.8) is 0 Å². The summed E-state index contributed by atoms with van der Waals surface area (Å²) in [5, 5.41) is 0. The lowest BCUT2D eigenvalue weighted by molar-refractivity contribution is 0.170. The number of carbonyl (C=O) groups excluding carboxylic acids is 1. The molecule has 0 N–H and O–H groups in total. The Hall–Kier alpha value is -0.440. The number of rotatable bonds is 1. The van der Waals surface area contributed by atoms with E-state index in [-0.39, 0.29) is 6.04 Å². The highest BCUT2D eigenvalue weighted by atomic mass is 35.5. The van der Waals surface area contributed by atoms with Crippen LogP contribution in [0.1, 0.15) is 13.3 Å². The molecule has 1 aliphatic rings. The van der Waals surface area contributed by atoms with Crippen LogP contribution >= 0.6 is 11.8 Å². The van der Waals surface area contributed by atoms with Crippen molar-refractivity contribution in [3.8, 4) is 0 Å². The summed E-state index contributed by atoms with van der Waals surface area (Å²) in [7, 11) is 0. The first-order valence-electron chi connectivity index (χ1n) is 2.87. The number of cyclic esters (lactones) is 1. The van der Waals surface area contributed by atoms with E-state index in [2.05, 4.69) is 4.74 Å². The van der Waals surface area contributed by atoms with Crippen molar-refractivity contribution in [1.29, 1.82) is 0 Å². The van der Waals surface area contributed by atoms with Crippen molar-refractivity contribution >= 4 is 17.9 Å². The fourth-order valence-electron chi connectivity index (χ4n) is 0.722. The van der Waals surface area contributed by atoms with Gasteiger partial charge in [-0.1, -0.05) is 6.92 Å². The minimum Gasteiger partial charge on any atom is -0.446 e. The Labute approximate surface area is 58.6 Å². The van der Waals surface area contributed by atoms with Gasteiger partial charge in [0.05, 0.1) is 6.04 Å². The molecule has 1 amide bonds. The first-order chi connectivity index (χ1) is 4.25. The van der Waals surface area contributed by atoms with Gasteiger partial charge in [0.1, 0.15) is 6.61 Å². The summed E-state index contributed by atoms with van der Waals surface area (Å²) in [4.78, 5) is 10.5. The van der Waals surface area contributed by atoms with Crippen LogP contribution in [-0.4, -0.2) is 23.2 Å². The molecule has 52 valence electrons. The maximum atomic E-state index is 10.5. The van der Waals surface area contributed by atoms with Gasteiger partial charge in [0.15, 0.2) is 0 Å². The molecule has 4 heteroatoms. The zero-order valence-corrected chi connectivity index (χ0v) is 5.89. The van der Waals surface area contributed by atoms with E-state index in [0.29, 0.717) is 6.61 Å². The van der Waals surface area contributed by atoms with Gasteiger partial charge in [-0.05, 0) is 6.42 Å². The van der Waals surface area contributed by atoms with Gasteiger partial charge in [0.25, 0.3) is 0 Å². The summed E-state index contributed by atoms with van der Waals surface area (Å²) in [6.07, 6.45) is 0.415. The molecule has 1 unspecified atom stereocenters. The topological polar surface area (TPSA) is 29.5 Å². The lowest BCUT2D eigenvalue weighted by Gasteiger charge is -2.08. The fraction of sp³-hybridized carbons (Fsp3) is 0.800. The van der Waals surface area contributed by atoms with E-state index in [1.54, 1.807) is 0 Å². The molecule has 0 aromatic rings. The Morgan fingerprint density at radius 2 is 2.67 bits per heavy atom. The van der Waals surface area contributed by atoms with Crippen LogP contribution in [0.25, 0.3) is 0 Å². The average molecular weight is 150 g/mol. The minimum absolute atomic E-state index is 0.0687. The average Bonchev–Trinajstić information content (AvgIpc) is 2.15. The maximum absolute atomic E-state index is 10.5. The quantitative estimate of drug-likeness (QED) is 0.527. The number of nitrogens with zero attached hydrogens (tertiary/aromatic N) is 1. The van der Waals surface area contributed by atoms with E-state index in [1.165, 1.54) is 0 Å². The molecular weight excluding hydrogens is 142 g/mol. The van der Waals surface area contributed by atoms with Crippen LogP contribution in [-0.2, 0) is 4.74 Å². The van der Waals surface area contributed by atoms with E-state index in [0.717, 1.165) is 10.8 Å². The molecule has 0 aromatic carbocycles. The summed E-state index contributed by atoms with van der Waals surface area (Å²) in [5.41, 5.74) is 0. The maximum Gasteiger partial charge on any atom is 0.424 e. The van der Waals surface area contributed by atoms with E-state index in [9.17, 15) is 4.79 Å². The van der Waals surface area contributed by atoms with Gasteiger partial charge in [-0.2, -0.15) is 0 Å². The van der Waals surface area contributed by atoms with Crippen molar-refractivity contribution in [3.05, 3.63) is 0 Å². The first kappa shape index (κ1) is 6.68. The van der Waals surface area contributed by atoms with Crippen LogP contribution in [0, 0.1) is 0 Å². The van der Waals surface area contributed by atoms with Crippen LogP contribution in [0.2, 0.25) is 0 Å². The van der Waals surface area contributed by atoms with Crippen molar-refractivity contribution in [2.24, 2.45) is 0 Å². The molecule has 1 saturated heterocycles. The number of hydrogen-bond donors (Lipinski definition) is 0. The Kier molecular flexibility index (Phi) is 1.81. The molecule has 0 saturated carbocycles. The SMILES string of the molecule is CCC1COC(=O)N1Cl. The molecule has 0 bridgehead atoms. The standard InChI is InChI=1S/C5H8ClNO2/c1-2-4-3-9-5(8)7(4)6/h4H,2-3H2,1H3. The second kappa shape index (κ2) is 2.43. The van der Waals surface area contributed by atoms with E-state index >= 15 is 0 Å². The third-order valence-electron chi connectivity index (χ3n) is 1.37. The van der Waals surface area contributed by atoms with Crippen LogP contribution in [0.15, 0.2) is 0 Å². The molecule has 0 aromatic heterocycles. The summed E-state index contributed by atoms with van der Waals surface area (Å²) >= 11 is 5.49. The Morgan fingerprint density at radius 3 is 2.89 bits per heavy atom. The van der Waals surface area contributed by atoms with Gasteiger partial charge in [-0.3, -0.25) is 0 Å². The molecular formula is C5H8ClNO2. The van der Waals surface area contributed by atoms with Crippen molar-refractivity contribution in [1.82, 2.24) is 4.42 Å². The van der Waals surface area contributed by atoms with Gasteiger partial charge in [0.2, 0.25) is 0 Å². The van der Waals surface area contributed by atoms with Crippen molar-refractivity contribution in [2.75, 3.05) is 6.61 Å². The predicted molar refractivity (Wildman–Crippen MR) is 33.1 cm³/mol.